The summed E-state index contributed by atoms with van der Waals surface area (Å²) in [7, 11) is 1.47. The van der Waals surface area contributed by atoms with Gasteiger partial charge in [-0.3, -0.25) is 4.68 Å². The number of nitrogen functional groups attached to an aromatic ring is 1. The fourth-order valence-corrected chi connectivity index (χ4v) is 1.66. The fraction of sp³-hybridized carbons (Fsp3) is 0.250. The van der Waals surface area contributed by atoms with Crippen LogP contribution in [0.1, 0.15) is 11.1 Å². The van der Waals surface area contributed by atoms with E-state index in [0.29, 0.717) is 17.0 Å². The molecule has 0 aliphatic carbocycles. The van der Waals surface area contributed by atoms with E-state index in [0.717, 1.165) is 12.4 Å². The first-order chi connectivity index (χ1) is 8.90. The molecule has 1 aromatic heterocycles. The zero-order chi connectivity index (χ0) is 14.0. The third-order valence-corrected chi connectivity index (χ3v) is 2.60. The summed E-state index contributed by atoms with van der Waals surface area (Å²) in [6, 6.07) is 4.97. The smallest absolute Gasteiger partial charge is 0.419 e. The Morgan fingerprint density at radius 2 is 2.11 bits per heavy atom. The third kappa shape index (κ3) is 2.98. The van der Waals surface area contributed by atoms with Crippen LogP contribution in [0.2, 0.25) is 0 Å². The van der Waals surface area contributed by atoms with Gasteiger partial charge >= 0.3 is 6.18 Å². The summed E-state index contributed by atoms with van der Waals surface area (Å²) in [6.07, 6.45) is -2.64. The van der Waals surface area contributed by atoms with Crippen molar-refractivity contribution in [3.8, 4) is 5.75 Å². The Bertz CT molecular complexity index is 578. The highest BCUT2D eigenvalue weighted by atomic mass is 19.4. The van der Waals surface area contributed by atoms with E-state index in [4.69, 9.17) is 10.5 Å². The van der Waals surface area contributed by atoms with E-state index >= 15 is 0 Å². The summed E-state index contributed by atoms with van der Waals surface area (Å²) in [5.74, 6) is 0.518. The molecule has 1 heterocycles. The molecular weight excluding hydrogens is 259 g/mol. The van der Waals surface area contributed by atoms with Gasteiger partial charge in [-0.05, 0) is 6.07 Å². The van der Waals surface area contributed by atoms with Gasteiger partial charge in [0, 0.05) is 23.5 Å². The largest absolute Gasteiger partial charge is 0.496 e. The van der Waals surface area contributed by atoms with Crippen molar-refractivity contribution < 1.29 is 17.9 Å². The first-order valence-corrected chi connectivity index (χ1v) is 5.42. The SMILES string of the molecule is COc1cc(N)ccc1Cn1cc(C(F)(F)F)cn1. The topological polar surface area (TPSA) is 53.1 Å². The molecule has 2 N–H and O–H groups in total. The highest BCUT2D eigenvalue weighted by molar-refractivity contribution is 5.48. The molecule has 0 aliphatic heterocycles. The second-order valence-electron chi connectivity index (χ2n) is 4.00. The van der Waals surface area contributed by atoms with Crippen molar-refractivity contribution in [3.63, 3.8) is 0 Å². The van der Waals surface area contributed by atoms with Crippen LogP contribution in [-0.4, -0.2) is 16.9 Å². The maximum Gasteiger partial charge on any atom is 0.419 e. The fourth-order valence-electron chi connectivity index (χ4n) is 1.66. The lowest BCUT2D eigenvalue weighted by Gasteiger charge is -2.09. The van der Waals surface area contributed by atoms with Crippen LogP contribution in [0.3, 0.4) is 0 Å². The summed E-state index contributed by atoms with van der Waals surface area (Å²) in [6.45, 7) is 0.180. The predicted octanol–water partition coefficient (Wildman–Crippen LogP) is 2.54. The summed E-state index contributed by atoms with van der Waals surface area (Å²) in [5, 5.41) is 3.69. The number of hydrogen-bond donors (Lipinski definition) is 1. The van der Waals surface area contributed by atoms with Crippen molar-refractivity contribution in [1.29, 1.82) is 0 Å². The van der Waals surface area contributed by atoms with E-state index in [-0.39, 0.29) is 6.54 Å². The van der Waals surface area contributed by atoms with Gasteiger partial charge in [-0.2, -0.15) is 18.3 Å². The average molecular weight is 271 g/mol. The van der Waals surface area contributed by atoms with Crippen molar-refractivity contribution in [1.82, 2.24) is 9.78 Å². The second kappa shape index (κ2) is 4.83. The van der Waals surface area contributed by atoms with E-state index < -0.39 is 11.7 Å². The first-order valence-electron chi connectivity index (χ1n) is 5.42. The zero-order valence-corrected chi connectivity index (χ0v) is 10.1. The molecule has 102 valence electrons. The molecule has 1 aromatic carbocycles. The number of alkyl halides is 3. The molecule has 7 heteroatoms. The van der Waals surface area contributed by atoms with E-state index in [1.54, 1.807) is 18.2 Å². The molecule has 0 radical (unpaired) electrons. The summed E-state index contributed by atoms with van der Waals surface area (Å²) >= 11 is 0. The van der Waals surface area contributed by atoms with Crippen molar-refractivity contribution in [2.24, 2.45) is 0 Å². The van der Waals surface area contributed by atoms with Gasteiger partial charge < -0.3 is 10.5 Å². The van der Waals surface area contributed by atoms with E-state index in [1.807, 2.05) is 0 Å². The van der Waals surface area contributed by atoms with E-state index in [2.05, 4.69) is 5.10 Å². The number of benzene rings is 1. The van der Waals surface area contributed by atoms with Gasteiger partial charge in [0.05, 0.1) is 25.4 Å². The van der Waals surface area contributed by atoms with Crippen molar-refractivity contribution in [2.75, 3.05) is 12.8 Å². The molecular formula is C12H12F3N3O. The normalized spacial score (nSPS) is 11.6. The molecule has 0 unspecified atom stereocenters. The van der Waals surface area contributed by atoms with Gasteiger partial charge in [-0.15, -0.1) is 0 Å². The maximum absolute atomic E-state index is 12.4. The van der Waals surface area contributed by atoms with Crippen LogP contribution < -0.4 is 10.5 Å². The minimum atomic E-state index is -4.39. The lowest BCUT2D eigenvalue weighted by molar-refractivity contribution is -0.137. The molecule has 19 heavy (non-hydrogen) atoms. The highest BCUT2D eigenvalue weighted by Gasteiger charge is 2.32. The number of halogens is 3. The minimum absolute atomic E-state index is 0.180. The molecule has 0 spiro atoms. The number of nitrogens with zero attached hydrogens (tertiary/aromatic N) is 2. The number of ether oxygens (including phenoxy) is 1. The van der Waals surface area contributed by atoms with Gasteiger partial charge in [0.2, 0.25) is 0 Å². The van der Waals surface area contributed by atoms with Crippen LogP contribution in [0.15, 0.2) is 30.6 Å². The molecule has 4 nitrogen and oxygen atoms in total. The van der Waals surface area contributed by atoms with Gasteiger partial charge in [0.15, 0.2) is 0 Å². The van der Waals surface area contributed by atoms with Crippen LogP contribution >= 0.6 is 0 Å². The zero-order valence-electron chi connectivity index (χ0n) is 10.1. The Labute approximate surface area is 107 Å². The molecule has 2 aromatic rings. The summed E-state index contributed by atoms with van der Waals surface area (Å²) in [5.41, 5.74) is 6.06. The van der Waals surface area contributed by atoms with Crippen LogP contribution in [-0.2, 0) is 12.7 Å². The molecule has 0 atom stereocenters. The lowest BCUT2D eigenvalue weighted by Crippen LogP contribution is -2.05. The van der Waals surface area contributed by atoms with E-state index in [1.165, 1.54) is 11.8 Å². The molecule has 0 saturated heterocycles. The molecule has 0 saturated carbocycles. The van der Waals surface area contributed by atoms with Gasteiger partial charge in [-0.1, -0.05) is 6.07 Å². The Hall–Kier alpha value is -2.18. The Morgan fingerprint density at radius 1 is 1.37 bits per heavy atom. The number of aromatic nitrogens is 2. The van der Waals surface area contributed by atoms with Gasteiger partial charge in [0.25, 0.3) is 0 Å². The van der Waals surface area contributed by atoms with Crippen molar-refractivity contribution in [3.05, 3.63) is 41.7 Å². The Kier molecular flexibility index (Phi) is 3.37. The average Bonchev–Trinajstić information content (AvgIpc) is 2.79. The maximum atomic E-state index is 12.4. The second-order valence-corrected chi connectivity index (χ2v) is 4.00. The van der Waals surface area contributed by atoms with Crippen molar-refractivity contribution in [2.45, 2.75) is 12.7 Å². The predicted molar refractivity (Wildman–Crippen MR) is 63.7 cm³/mol. The number of hydrogen-bond acceptors (Lipinski definition) is 3. The molecule has 0 fully saturated rings. The van der Waals surface area contributed by atoms with Gasteiger partial charge in [0.1, 0.15) is 5.75 Å². The standard InChI is InChI=1S/C12H12F3N3O/c1-19-11-4-10(16)3-2-8(11)6-18-7-9(5-17-18)12(13,14)15/h2-5,7H,6,16H2,1H3. The third-order valence-electron chi connectivity index (χ3n) is 2.60. The number of methoxy groups -OCH3 is 1. The number of anilines is 1. The Morgan fingerprint density at radius 3 is 2.68 bits per heavy atom. The van der Waals surface area contributed by atoms with Gasteiger partial charge in [-0.25, -0.2) is 0 Å². The van der Waals surface area contributed by atoms with Crippen LogP contribution in [0.4, 0.5) is 18.9 Å². The minimum Gasteiger partial charge on any atom is -0.496 e. The quantitative estimate of drug-likeness (QED) is 0.873. The Balaban J connectivity index is 2.24. The lowest BCUT2D eigenvalue weighted by atomic mass is 10.2. The highest BCUT2D eigenvalue weighted by Crippen LogP contribution is 2.29. The summed E-state index contributed by atoms with van der Waals surface area (Å²) in [4.78, 5) is 0. The van der Waals surface area contributed by atoms with E-state index in [9.17, 15) is 13.2 Å². The number of nitrogens with two attached hydrogens (primary N) is 1. The first kappa shape index (κ1) is 13.3. The monoisotopic (exact) mass is 271 g/mol. The number of rotatable bonds is 3. The molecule has 0 bridgehead atoms. The summed E-state index contributed by atoms with van der Waals surface area (Å²) < 4.78 is 43.7. The molecule has 0 aliphatic rings. The molecule has 0 amide bonds. The van der Waals surface area contributed by atoms with Crippen molar-refractivity contribution >= 4 is 5.69 Å². The van der Waals surface area contributed by atoms with Crippen LogP contribution in [0, 0.1) is 0 Å². The molecule has 2 rings (SSSR count). The van der Waals surface area contributed by atoms with Crippen LogP contribution in [0.5, 0.6) is 5.75 Å². The van der Waals surface area contributed by atoms with Crippen LogP contribution in [0.25, 0.3) is 0 Å².